The SMILES string of the molecule is B[Si](=O)Cl. The maximum Gasteiger partial charge on any atom is 0.325 e. The predicted octanol–water partition coefficient (Wildman–Crippen LogP) is -0.726. The molecular formula is H2BClOSi. The second-order valence-corrected chi connectivity index (χ2v) is 3.01. The van der Waals surface area contributed by atoms with Crippen LogP contribution >= 0.6 is 11.1 Å². The molecule has 0 fully saturated rings. The van der Waals surface area contributed by atoms with Crippen LogP contribution in [0.4, 0.5) is 0 Å². The van der Waals surface area contributed by atoms with E-state index in [1.807, 2.05) is 0 Å². The molecule has 0 heterocycles. The Morgan fingerprint density at radius 3 is 2.00 bits per heavy atom. The molecule has 0 aliphatic carbocycles. The molecule has 0 aromatic rings. The molecule has 1 nitrogen and oxygen atoms in total. The monoisotopic (exact) mass is 92.0 g/mol. The van der Waals surface area contributed by atoms with Gasteiger partial charge in [-0.1, -0.05) is 11.1 Å². The van der Waals surface area contributed by atoms with Gasteiger partial charge < -0.3 is 4.46 Å². The molecule has 0 bridgehead atoms. The lowest BCUT2D eigenvalue weighted by Crippen LogP contribution is -1.79. The van der Waals surface area contributed by atoms with Crippen LogP contribution in [0.5, 0.6) is 0 Å². The van der Waals surface area contributed by atoms with Crippen LogP contribution in [0.25, 0.3) is 0 Å². The molecule has 0 N–H and O–H groups in total. The van der Waals surface area contributed by atoms with E-state index in [0.717, 1.165) is 0 Å². The average Bonchev–Trinajstić information content (AvgIpc) is 0.811. The molecule has 0 atom stereocenters. The Balaban J connectivity index is 2.80. The summed E-state index contributed by atoms with van der Waals surface area (Å²) in [5.74, 6) is 0. The van der Waals surface area contributed by atoms with Gasteiger partial charge in [0.25, 0.3) is 0 Å². The van der Waals surface area contributed by atoms with Gasteiger partial charge in [0.05, 0.1) is 0 Å². The van der Waals surface area contributed by atoms with Crippen molar-refractivity contribution in [2.45, 2.75) is 0 Å². The fourth-order valence-corrected chi connectivity index (χ4v) is 0. The van der Waals surface area contributed by atoms with Gasteiger partial charge >= 0.3 is 7.86 Å². The number of hydrogen-bond donors (Lipinski definition) is 0. The third kappa shape index (κ3) is 32.3. The Morgan fingerprint density at radius 1 is 2.00 bits per heavy atom. The van der Waals surface area contributed by atoms with Gasteiger partial charge in [-0.3, -0.25) is 0 Å². The third-order valence-corrected chi connectivity index (χ3v) is 0. The molecule has 0 spiro atoms. The quantitative estimate of drug-likeness (QED) is 0.284. The highest BCUT2D eigenvalue weighted by Crippen LogP contribution is 1.57. The minimum atomic E-state index is -1.66. The maximum absolute atomic E-state index is 9.40. The molecule has 22 valence electrons. The zero-order valence-corrected chi connectivity index (χ0v) is 4.04. The van der Waals surface area contributed by atoms with Crippen LogP contribution in [0.2, 0.25) is 0 Å². The van der Waals surface area contributed by atoms with Crippen molar-refractivity contribution in [1.82, 2.24) is 0 Å². The first-order valence-corrected chi connectivity index (χ1v) is 3.81. The Kier molecular flexibility index (Phi) is 1.82. The Hall–Kier alpha value is 0.372. The average molecular weight is 92.4 g/mol. The number of hydrogen-bond acceptors (Lipinski definition) is 1. The van der Waals surface area contributed by atoms with Gasteiger partial charge in [-0.25, -0.2) is 0 Å². The summed E-state index contributed by atoms with van der Waals surface area (Å²) < 4.78 is 9.40. The summed E-state index contributed by atoms with van der Waals surface area (Å²) >= 11 is 4.82. The van der Waals surface area contributed by atoms with E-state index in [-0.39, 0.29) is 0 Å². The molecule has 0 aromatic carbocycles. The summed E-state index contributed by atoms with van der Waals surface area (Å²) in [5, 5.41) is 0. The summed E-state index contributed by atoms with van der Waals surface area (Å²) in [7, 11) is -0.179. The lowest BCUT2D eigenvalue weighted by atomic mass is 10.8. The van der Waals surface area contributed by atoms with Crippen LogP contribution in [0.15, 0.2) is 0 Å². The summed E-state index contributed by atoms with van der Waals surface area (Å²) in [5.41, 5.74) is 0. The largest absolute Gasteiger partial charge is 0.379 e. The molecule has 0 radical (unpaired) electrons. The number of rotatable bonds is 0. The molecule has 0 saturated heterocycles. The first kappa shape index (κ1) is 4.37. The van der Waals surface area contributed by atoms with E-state index in [4.69, 9.17) is 11.1 Å². The molecule has 0 aliphatic heterocycles. The van der Waals surface area contributed by atoms with Gasteiger partial charge in [0, 0.05) is 0 Å². The van der Waals surface area contributed by atoms with E-state index in [0.29, 0.717) is 0 Å². The lowest BCUT2D eigenvalue weighted by molar-refractivity contribution is 0.582. The zero-order valence-electron chi connectivity index (χ0n) is 2.29. The topological polar surface area (TPSA) is 17.1 Å². The maximum atomic E-state index is 9.40. The molecule has 0 unspecified atom stereocenters. The van der Waals surface area contributed by atoms with Crippen molar-refractivity contribution < 1.29 is 4.46 Å². The predicted molar refractivity (Wildman–Crippen MR) is 20.8 cm³/mol. The van der Waals surface area contributed by atoms with Gasteiger partial charge in [0.2, 0.25) is 0 Å². The zero-order chi connectivity index (χ0) is 3.58. The fourth-order valence-electron chi connectivity index (χ4n) is 0. The van der Waals surface area contributed by atoms with Gasteiger partial charge in [0.15, 0.2) is 7.44 Å². The summed E-state index contributed by atoms with van der Waals surface area (Å²) in [6.45, 7) is 0. The third-order valence-electron chi connectivity index (χ3n) is 0. The van der Waals surface area contributed by atoms with Gasteiger partial charge in [-0.15, -0.1) is 0 Å². The molecule has 0 rings (SSSR count). The Morgan fingerprint density at radius 2 is 2.00 bits per heavy atom. The highest BCUT2D eigenvalue weighted by atomic mass is 35.6. The van der Waals surface area contributed by atoms with E-state index < -0.39 is 7.86 Å². The summed E-state index contributed by atoms with van der Waals surface area (Å²) in [4.78, 5) is 0. The molecule has 4 heteroatoms. The second-order valence-electron chi connectivity index (χ2n) is 0.470. The van der Waals surface area contributed by atoms with Gasteiger partial charge in [0.1, 0.15) is 0 Å². The molecule has 4 heavy (non-hydrogen) atoms. The fraction of sp³-hybridized carbons (Fsp3) is 0. The normalized spacial score (nSPS) is 6.25. The standard InChI is InChI=1S/BClH2OSi/c1-4(2)3/h1H2. The Bertz CT molecular complexity index is 31.0. The van der Waals surface area contributed by atoms with Crippen LogP contribution in [0.3, 0.4) is 0 Å². The highest BCUT2D eigenvalue weighted by molar-refractivity contribution is 7.23. The van der Waals surface area contributed by atoms with E-state index in [2.05, 4.69) is 0 Å². The van der Waals surface area contributed by atoms with Gasteiger partial charge in [-0.05, 0) is 0 Å². The van der Waals surface area contributed by atoms with Crippen LogP contribution in [0.1, 0.15) is 0 Å². The van der Waals surface area contributed by atoms with Crippen LogP contribution in [0, 0.1) is 0 Å². The molecule has 0 amide bonds. The van der Waals surface area contributed by atoms with Crippen molar-refractivity contribution in [3.8, 4) is 0 Å². The van der Waals surface area contributed by atoms with Crippen LogP contribution < -0.4 is 0 Å². The van der Waals surface area contributed by atoms with E-state index in [1.54, 1.807) is 0 Å². The van der Waals surface area contributed by atoms with Crippen molar-refractivity contribution in [2.24, 2.45) is 0 Å². The minimum absolute atomic E-state index is 1.48. The highest BCUT2D eigenvalue weighted by Gasteiger charge is 1.75. The summed E-state index contributed by atoms with van der Waals surface area (Å²) in [6, 6.07) is 0. The van der Waals surface area contributed by atoms with Crippen molar-refractivity contribution in [1.29, 1.82) is 0 Å². The van der Waals surface area contributed by atoms with Crippen LogP contribution in [-0.4, -0.2) is 15.3 Å². The van der Waals surface area contributed by atoms with Crippen LogP contribution in [-0.2, 0) is 4.46 Å². The molecular weight excluding hydrogens is 90.3 g/mol. The van der Waals surface area contributed by atoms with E-state index >= 15 is 0 Å². The van der Waals surface area contributed by atoms with Crippen molar-refractivity contribution in [2.75, 3.05) is 0 Å². The van der Waals surface area contributed by atoms with E-state index in [1.165, 1.54) is 7.44 Å². The second kappa shape index (κ2) is 1.67. The van der Waals surface area contributed by atoms with E-state index in [9.17, 15) is 4.46 Å². The van der Waals surface area contributed by atoms with Crippen molar-refractivity contribution in [3.63, 3.8) is 0 Å². The lowest BCUT2D eigenvalue weighted by Gasteiger charge is -1.47. The molecule has 0 aliphatic rings. The summed E-state index contributed by atoms with van der Waals surface area (Å²) in [6.07, 6.45) is 0. The number of halogens is 1. The first-order chi connectivity index (χ1) is 1.73. The minimum Gasteiger partial charge on any atom is -0.379 e. The van der Waals surface area contributed by atoms with Crippen molar-refractivity contribution in [3.05, 3.63) is 0 Å². The van der Waals surface area contributed by atoms with Gasteiger partial charge in [-0.2, -0.15) is 0 Å². The Labute approximate surface area is 31.7 Å². The van der Waals surface area contributed by atoms with Crippen molar-refractivity contribution >= 4 is 26.4 Å². The smallest absolute Gasteiger partial charge is 0.325 e. The molecule has 0 aromatic heterocycles. The first-order valence-electron chi connectivity index (χ1n) is 0.893. The molecule has 0 saturated carbocycles.